The van der Waals surface area contributed by atoms with Gasteiger partial charge in [0.25, 0.3) is 0 Å². The highest BCUT2D eigenvalue weighted by Gasteiger charge is 2.13. The van der Waals surface area contributed by atoms with E-state index in [2.05, 4.69) is 28.8 Å². The Kier molecular flexibility index (Phi) is 4.63. The molecule has 1 heterocycles. The molecule has 92 valence electrons. The Bertz CT molecular complexity index is 427. The van der Waals surface area contributed by atoms with Crippen LogP contribution in [0.2, 0.25) is 0 Å². The van der Waals surface area contributed by atoms with Gasteiger partial charge in [0.1, 0.15) is 5.01 Å². The van der Waals surface area contributed by atoms with Crippen LogP contribution in [-0.2, 0) is 16.4 Å². The van der Waals surface area contributed by atoms with Gasteiger partial charge in [0, 0.05) is 13.0 Å². The van der Waals surface area contributed by atoms with Gasteiger partial charge in [-0.25, -0.2) is 8.42 Å². The topological polar surface area (TPSA) is 98.0 Å². The predicted molar refractivity (Wildman–Crippen MR) is 64.9 cm³/mol. The summed E-state index contributed by atoms with van der Waals surface area (Å²) >= 11 is 1.26. The molecule has 6 nitrogen and oxygen atoms in total. The maximum Gasteiger partial charge on any atom is 0.235 e. The van der Waals surface area contributed by atoms with E-state index in [1.54, 1.807) is 0 Å². The second-order valence-corrected chi connectivity index (χ2v) is 6.71. The van der Waals surface area contributed by atoms with Crippen molar-refractivity contribution in [1.82, 2.24) is 10.2 Å². The molecule has 1 aromatic heterocycles. The first-order valence-electron chi connectivity index (χ1n) is 4.96. The van der Waals surface area contributed by atoms with Crippen molar-refractivity contribution in [2.75, 3.05) is 17.0 Å². The fourth-order valence-corrected chi connectivity index (χ4v) is 3.14. The summed E-state index contributed by atoms with van der Waals surface area (Å²) in [4.78, 5) is 0. The molecule has 1 rings (SSSR count). The van der Waals surface area contributed by atoms with E-state index in [-0.39, 0.29) is 12.3 Å². The van der Waals surface area contributed by atoms with E-state index in [4.69, 9.17) is 5.73 Å². The van der Waals surface area contributed by atoms with E-state index < -0.39 is 10.0 Å². The van der Waals surface area contributed by atoms with Crippen molar-refractivity contribution in [2.24, 2.45) is 11.7 Å². The number of anilines is 1. The zero-order chi connectivity index (χ0) is 12.2. The maximum absolute atomic E-state index is 11.4. The molecular weight excluding hydrogens is 248 g/mol. The maximum atomic E-state index is 11.4. The smallest absolute Gasteiger partial charge is 0.235 e. The molecule has 0 radical (unpaired) electrons. The van der Waals surface area contributed by atoms with Crippen LogP contribution in [0.3, 0.4) is 0 Å². The number of hydrogen-bond acceptors (Lipinski definition) is 6. The SMILES string of the molecule is CC(C)Cc1nnc(NS(=O)(=O)CCN)s1. The van der Waals surface area contributed by atoms with Crippen LogP contribution in [0.15, 0.2) is 0 Å². The van der Waals surface area contributed by atoms with Gasteiger partial charge >= 0.3 is 0 Å². The number of rotatable bonds is 6. The van der Waals surface area contributed by atoms with E-state index in [1.807, 2.05) is 0 Å². The van der Waals surface area contributed by atoms with Gasteiger partial charge in [-0.2, -0.15) is 0 Å². The van der Waals surface area contributed by atoms with Crippen molar-refractivity contribution < 1.29 is 8.42 Å². The van der Waals surface area contributed by atoms with Crippen LogP contribution < -0.4 is 10.5 Å². The molecule has 1 aromatic rings. The van der Waals surface area contributed by atoms with E-state index in [0.29, 0.717) is 11.0 Å². The Hall–Kier alpha value is -0.730. The van der Waals surface area contributed by atoms with Gasteiger partial charge in [-0.15, -0.1) is 10.2 Å². The third kappa shape index (κ3) is 4.42. The second kappa shape index (κ2) is 5.55. The third-order valence-electron chi connectivity index (χ3n) is 1.68. The Morgan fingerprint density at radius 1 is 1.44 bits per heavy atom. The molecule has 0 unspecified atom stereocenters. The van der Waals surface area contributed by atoms with Crippen molar-refractivity contribution in [2.45, 2.75) is 20.3 Å². The van der Waals surface area contributed by atoms with E-state index in [1.165, 1.54) is 11.3 Å². The molecule has 0 spiro atoms. The van der Waals surface area contributed by atoms with Gasteiger partial charge in [-0.05, 0) is 5.92 Å². The number of aromatic nitrogens is 2. The first-order chi connectivity index (χ1) is 7.43. The number of nitrogens with zero attached hydrogens (tertiary/aromatic N) is 2. The lowest BCUT2D eigenvalue weighted by Crippen LogP contribution is -2.22. The minimum Gasteiger partial charge on any atom is -0.329 e. The first kappa shape index (κ1) is 13.3. The van der Waals surface area contributed by atoms with Crippen LogP contribution in [0, 0.1) is 5.92 Å². The highest BCUT2D eigenvalue weighted by molar-refractivity contribution is 7.92. The molecule has 0 aliphatic carbocycles. The van der Waals surface area contributed by atoms with Gasteiger partial charge in [0.05, 0.1) is 5.75 Å². The van der Waals surface area contributed by atoms with Crippen molar-refractivity contribution in [3.63, 3.8) is 0 Å². The summed E-state index contributed by atoms with van der Waals surface area (Å²) in [5, 5.41) is 8.83. The van der Waals surface area contributed by atoms with Crippen LogP contribution in [0.25, 0.3) is 0 Å². The summed E-state index contributed by atoms with van der Waals surface area (Å²) in [6, 6.07) is 0. The molecule has 0 saturated heterocycles. The summed E-state index contributed by atoms with van der Waals surface area (Å²) < 4.78 is 25.1. The van der Waals surface area contributed by atoms with Gasteiger partial charge in [-0.1, -0.05) is 25.2 Å². The molecule has 0 aliphatic heterocycles. The van der Waals surface area contributed by atoms with Crippen molar-refractivity contribution in [3.8, 4) is 0 Å². The summed E-state index contributed by atoms with van der Waals surface area (Å²) in [7, 11) is -3.37. The zero-order valence-electron chi connectivity index (χ0n) is 9.30. The van der Waals surface area contributed by atoms with E-state index >= 15 is 0 Å². The summed E-state index contributed by atoms with van der Waals surface area (Å²) in [6.07, 6.45) is 0.802. The largest absolute Gasteiger partial charge is 0.329 e. The average Bonchev–Trinajstić information content (AvgIpc) is 2.49. The number of hydrogen-bond donors (Lipinski definition) is 2. The molecule has 0 fully saturated rings. The summed E-state index contributed by atoms with van der Waals surface area (Å²) in [5.41, 5.74) is 5.19. The number of nitrogens with one attached hydrogen (secondary N) is 1. The van der Waals surface area contributed by atoms with Gasteiger partial charge in [-0.3, -0.25) is 4.72 Å². The highest BCUT2D eigenvalue weighted by Crippen LogP contribution is 2.19. The summed E-state index contributed by atoms with van der Waals surface area (Å²) in [5.74, 6) is 0.368. The van der Waals surface area contributed by atoms with Crippen molar-refractivity contribution in [1.29, 1.82) is 0 Å². The number of nitrogens with two attached hydrogens (primary N) is 1. The molecule has 3 N–H and O–H groups in total. The molecule has 0 aromatic carbocycles. The number of sulfonamides is 1. The third-order valence-corrected chi connectivity index (χ3v) is 3.95. The molecule has 0 saturated carbocycles. The molecular formula is C8H16N4O2S2. The lowest BCUT2D eigenvalue weighted by atomic mass is 10.1. The van der Waals surface area contributed by atoms with Crippen molar-refractivity contribution in [3.05, 3.63) is 5.01 Å². The minimum atomic E-state index is -3.37. The average molecular weight is 264 g/mol. The van der Waals surface area contributed by atoms with Gasteiger partial charge in [0.15, 0.2) is 0 Å². The Balaban J connectivity index is 2.65. The van der Waals surface area contributed by atoms with Crippen LogP contribution in [0.1, 0.15) is 18.9 Å². The monoisotopic (exact) mass is 264 g/mol. The Morgan fingerprint density at radius 2 is 2.12 bits per heavy atom. The summed E-state index contributed by atoms with van der Waals surface area (Å²) in [6.45, 7) is 4.23. The van der Waals surface area contributed by atoms with Crippen LogP contribution in [-0.4, -0.2) is 30.9 Å². The normalized spacial score (nSPS) is 12.0. The van der Waals surface area contributed by atoms with E-state index in [9.17, 15) is 8.42 Å². The van der Waals surface area contributed by atoms with Crippen LogP contribution in [0.5, 0.6) is 0 Å². The standard InChI is InChI=1S/C8H16N4O2S2/c1-6(2)5-7-10-11-8(15-7)12-16(13,14)4-3-9/h6H,3-5,9H2,1-2H3,(H,11,12). The first-order valence-corrected chi connectivity index (χ1v) is 7.43. The molecule has 0 amide bonds. The fourth-order valence-electron chi connectivity index (χ4n) is 1.07. The second-order valence-electron chi connectivity index (χ2n) is 3.81. The van der Waals surface area contributed by atoms with E-state index in [0.717, 1.165) is 11.4 Å². The molecule has 0 atom stereocenters. The molecule has 0 bridgehead atoms. The van der Waals surface area contributed by atoms with Crippen LogP contribution >= 0.6 is 11.3 Å². The van der Waals surface area contributed by atoms with Gasteiger partial charge < -0.3 is 5.73 Å². The van der Waals surface area contributed by atoms with Gasteiger partial charge in [0.2, 0.25) is 15.2 Å². The lowest BCUT2D eigenvalue weighted by Gasteiger charge is -2.01. The zero-order valence-corrected chi connectivity index (χ0v) is 10.9. The fraction of sp³-hybridized carbons (Fsp3) is 0.750. The quantitative estimate of drug-likeness (QED) is 0.776. The molecule has 0 aliphatic rings. The lowest BCUT2D eigenvalue weighted by molar-refractivity contribution is 0.601. The molecule has 16 heavy (non-hydrogen) atoms. The molecule has 8 heteroatoms. The van der Waals surface area contributed by atoms with Crippen molar-refractivity contribution >= 4 is 26.5 Å². The minimum absolute atomic E-state index is 0.0903. The Labute approximate surface area is 99.3 Å². The Morgan fingerprint density at radius 3 is 2.69 bits per heavy atom. The predicted octanol–water partition coefficient (Wildman–Crippen LogP) is 0.437. The van der Waals surface area contributed by atoms with Crippen LogP contribution in [0.4, 0.5) is 5.13 Å². The highest BCUT2D eigenvalue weighted by atomic mass is 32.2.